The van der Waals surface area contributed by atoms with E-state index in [-0.39, 0.29) is 29.6 Å². The van der Waals surface area contributed by atoms with E-state index >= 15 is 0 Å². The molecular formula is C23H30N2O7S. The lowest BCUT2D eigenvalue weighted by atomic mass is 10.1. The van der Waals surface area contributed by atoms with Gasteiger partial charge in [0.05, 0.1) is 38.4 Å². The zero-order valence-electron chi connectivity index (χ0n) is 19.5. The average molecular weight is 479 g/mol. The summed E-state index contributed by atoms with van der Waals surface area (Å²) in [6.07, 6.45) is -0.357. The number of nitrogens with zero attached hydrogens (tertiary/aromatic N) is 1. The Kier molecular flexibility index (Phi) is 7.83. The summed E-state index contributed by atoms with van der Waals surface area (Å²) >= 11 is 0. The zero-order chi connectivity index (χ0) is 24.2. The largest absolute Gasteiger partial charge is 0.496 e. The molecule has 10 heteroatoms. The fourth-order valence-corrected chi connectivity index (χ4v) is 5.35. The highest BCUT2D eigenvalue weighted by atomic mass is 32.2. The van der Waals surface area contributed by atoms with Crippen molar-refractivity contribution < 1.29 is 32.2 Å². The highest BCUT2D eigenvalue weighted by Gasteiger charge is 2.32. The van der Waals surface area contributed by atoms with E-state index in [1.54, 1.807) is 12.1 Å². The van der Waals surface area contributed by atoms with Gasteiger partial charge in [0.25, 0.3) is 5.91 Å². The molecule has 0 spiro atoms. The van der Waals surface area contributed by atoms with Gasteiger partial charge in [-0.2, -0.15) is 4.31 Å². The van der Waals surface area contributed by atoms with Crippen molar-refractivity contribution in [3.05, 3.63) is 47.5 Å². The van der Waals surface area contributed by atoms with Gasteiger partial charge < -0.3 is 24.3 Å². The van der Waals surface area contributed by atoms with E-state index in [1.807, 2.05) is 13.8 Å². The van der Waals surface area contributed by atoms with Crippen LogP contribution in [-0.2, 0) is 21.3 Å². The predicted molar refractivity (Wildman–Crippen MR) is 122 cm³/mol. The molecule has 9 nitrogen and oxygen atoms in total. The third-order valence-corrected chi connectivity index (χ3v) is 7.21. The number of carbonyl (C=O) groups is 1. The van der Waals surface area contributed by atoms with Gasteiger partial charge in [0.1, 0.15) is 5.75 Å². The molecule has 0 unspecified atom stereocenters. The van der Waals surface area contributed by atoms with Crippen LogP contribution >= 0.6 is 0 Å². The Morgan fingerprint density at radius 2 is 1.52 bits per heavy atom. The topological polar surface area (TPSA) is 103 Å². The Labute approximate surface area is 194 Å². The molecule has 2 aromatic rings. The molecule has 33 heavy (non-hydrogen) atoms. The van der Waals surface area contributed by atoms with Gasteiger partial charge in [0.15, 0.2) is 11.5 Å². The van der Waals surface area contributed by atoms with Crippen LogP contribution in [0.3, 0.4) is 0 Å². The maximum atomic E-state index is 13.0. The number of morpholine rings is 1. The minimum Gasteiger partial charge on any atom is -0.496 e. The van der Waals surface area contributed by atoms with Crippen molar-refractivity contribution in [3.8, 4) is 17.2 Å². The zero-order valence-corrected chi connectivity index (χ0v) is 20.3. The second-order valence-corrected chi connectivity index (χ2v) is 9.74. The van der Waals surface area contributed by atoms with Gasteiger partial charge in [0, 0.05) is 36.8 Å². The van der Waals surface area contributed by atoms with Crippen LogP contribution in [0.2, 0.25) is 0 Å². The van der Waals surface area contributed by atoms with Crippen LogP contribution in [0.15, 0.2) is 41.3 Å². The summed E-state index contributed by atoms with van der Waals surface area (Å²) < 4.78 is 49.0. The molecule has 0 saturated carbocycles. The van der Waals surface area contributed by atoms with Gasteiger partial charge in [-0.1, -0.05) is 0 Å². The Morgan fingerprint density at radius 1 is 0.970 bits per heavy atom. The number of rotatable bonds is 8. The summed E-state index contributed by atoms with van der Waals surface area (Å²) in [6, 6.07) is 9.33. The third-order valence-electron chi connectivity index (χ3n) is 5.37. The molecule has 1 N–H and O–H groups in total. The quantitative estimate of drug-likeness (QED) is 0.622. The van der Waals surface area contributed by atoms with Crippen LogP contribution in [0, 0.1) is 0 Å². The van der Waals surface area contributed by atoms with Crippen LogP contribution in [0.25, 0.3) is 0 Å². The van der Waals surface area contributed by atoms with Crippen molar-refractivity contribution in [2.24, 2.45) is 0 Å². The van der Waals surface area contributed by atoms with Crippen LogP contribution in [0.4, 0.5) is 0 Å². The molecule has 0 bridgehead atoms. The van der Waals surface area contributed by atoms with Crippen molar-refractivity contribution >= 4 is 15.9 Å². The fraction of sp³-hybridized carbons (Fsp3) is 0.435. The van der Waals surface area contributed by atoms with Gasteiger partial charge in [-0.25, -0.2) is 8.42 Å². The Morgan fingerprint density at radius 3 is 2.06 bits per heavy atom. The van der Waals surface area contributed by atoms with E-state index in [0.29, 0.717) is 41.5 Å². The second kappa shape index (κ2) is 10.4. The molecule has 2 atom stereocenters. The number of hydrogen-bond acceptors (Lipinski definition) is 7. The molecule has 1 saturated heterocycles. The molecule has 180 valence electrons. The minimum atomic E-state index is -3.67. The molecule has 1 amide bonds. The first-order valence-electron chi connectivity index (χ1n) is 10.5. The van der Waals surface area contributed by atoms with Crippen LogP contribution < -0.4 is 19.5 Å². The molecule has 0 radical (unpaired) electrons. The number of benzene rings is 2. The van der Waals surface area contributed by atoms with Crippen LogP contribution in [0.5, 0.6) is 17.2 Å². The number of amides is 1. The normalized spacial score (nSPS) is 19.1. The lowest BCUT2D eigenvalue weighted by Crippen LogP contribution is -2.48. The van der Waals surface area contributed by atoms with E-state index < -0.39 is 10.0 Å². The summed E-state index contributed by atoms with van der Waals surface area (Å²) in [4.78, 5) is 12.8. The van der Waals surface area contributed by atoms with E-state index in [0.717, 1.165) is 0 Å². The lowest BCUT2D eigenvalue weighted by molar-refractivity contribution is -0.0440. The number of sulfonamides is 1. The summed E-state index contributed by atoms with van der Waals surface area (Å²) in [7, 11) is 0.919. The number of carbonyl (C=O) groups excluding carboxylic acids is 1. The van der Waals surface area contributed by atoms with Crippen LogP contribution in [0.1, 0.15) is 29.8 Å². The Hall–Kier alpha value is -2.82. The first-order chi connectivity index (χ1) is 15.7. The van der Waals surface area contributed by atoms with Crippen molar-refractivity contribution in [1.82, 2.24) is 9.62 Å². The van der Waals surface area contributed by atoms with Gasteiger partial charge in [-0.15, -0.1) is 0 Å². The lowest BCUT2D eigenvalue weighted by Gasteiger charge is -2.34. The van der Waals surface area contributed by atoms with Gasteiger partial charge in [-0.3, -0.25) is 4.79 Å². The average Bonchev–Trinajstić information content (AvgIpc) is 2.81. The van der Waals surface area contributed by atoms with Crippen molar-refractivity contribution in [2.45, 2.75) is 37.5 Å². The molecule has 1 heterocycles. The van der Waals surface area contributed by atoms with E-state index in [4.69, 9.17) is 18.9 Å². The van der Waals surface area contributed by atoms with Gasteiger partial charge >= 0.3 is 0 Å². The second-order valence-electron chi connectivity index (χ2n) is 7.81. The number of methoxy groups -OCH3 is 3. The highest BCUT2D eigenvalue weighted by molar-refractivity contribution is 7.89. The molecule has 1 fully saturated rings. The van der Waals surface area contributed by atoms with Gasteiger partial charge in [-0.05, 0) is 44.2 Å². The maximum absolute atomic E-state index is 13.0. The molecule has 0 aromatic heterocycles. The van der Waals surface area contributed by atoms with Crippen molar-refractivity contribution in [3.63, 3.8) is 0 Å². The smallest absolute Gasteiger partial charge is 0.251 e. The highest BCUT2D eigenvalue weighted by Crippen LogP contribution is 2.34. The molecule has 1 aliphatic heterocycles. The fourth-order valence-electron chi connectivity index (χ4n) is 3.76. The molecular weight excluding hydrogens is 448 g/mol. The predicted octanol–water partition coefficient (Wildman–Crippen LogP) is 2.44. The SMILES string of the molecule is COc1cc(OC)c(OC)cc1CNC(=O)c1ccc(S(=O)(=O)N2C[C@@H](C)O[C@H](C)C2)cc1. The first kappa shape index (κ1) is 24.8. The first-order valence-corrected chi connectivity index (χ1v) is 12.0. The van der Waals surface area contributed by atoms with Gasteiger partial charge in [0.2, 0.25) is 10.0 Å². The summed E-state index contributed by atoms with van der Waals surface area (Å²) in [6.45, 7) is 4.47. The summed E-state index contributed by atoms with van der Waals surface area (Å²) in [5, 5.41) is 2.82. The number of nitrogens with one attached hydrogen (secondary N) is 1. The Bertz CT molecular complexity index is 1080. The van der Waals surface area contributed by atoms with Crippen LogP contribution in [-0.4, -0.2) is 65.3 Å². The summed E-state index contributed by atoms with van der Waals surface area (Å²) in [5.74, 6) is 1.24. The molecule has 0 aliphatic carbocycles. The van der Waals surface area contributed by atoms with Crippen molar-refractivity contribution in [1.29, 1.82) is 0 Å². The van der Waals surface area contributed by atoms with Crippen molar-refractivity contribution in [2.75, 3.05) is 34.4 Å². The minimum absolute atomic E-state index is 0.141. The number of ether oxygens (including phenoxy) is 4. The standard InChI is InChI=1S/C23H30N2O7S/c1-15-13-25(14-16(2)32-15)33(27,28)19-8-6-17(7-9-19)23(26)24-12-18-10-21(30-4)22(31-5)11-20(18)29-3/h6-11,15-16H,12-14H2,1-5H3,(H,24,26)/t15-,16-/m1/s1. The van der Waals surface area contributed by atoms with E-state index in [1.165, 1.54) is 49.9 Å². The molecule has 1 aliphatic rings. The third kappa shape index (κ3) is 5.58. The summed E-state index contributed by atoms with van der Waals surface area (Å²) in [5.41, 5.74) is 1.05. The molecule has 2 aromatic carbocycles. The number of hydrogen-bond donors (Lipinski definition) is 1. The monoisotopic (exact) mass is 478 g/mol. The maximum Gasteiger partial charge on any atom is 0.251 e. The van der Waals surface area contributed by atoms with E-state index in [2.05, 4.69) is 5.32 Å². The Balaban J connectivity index is 1.71. The van der Waals surface area contributed by atoms with E-state index in [9.17, 15) is 13.2 Å². The molecule has 3 rings (SSSR count).